The third kappa shape index (κ3) is 1.97. The minimum absolute atomic E-state index is 0.0770. The molecule has 0 aliphatic carbocycles. The molecule has 18 heavy (non-hydrogen) atoms. The number of imidazole rings is 1. The van der Waals surface area contributed by atoms with E-state index < -0.39 is 0 Å². The highest BCUT2D eigenvalue weighted by atomic mass is 16.3. The lowest BCUT2D eigenvalue weighted by Crippen LogP contribution is -2.21. The summed E-state index contributed by atoms with van der Waals surface area (Å²) >= 11 is 0. The van der Waals surface area contributed by atoms with E-state index in [0.717, 1.165) is 16.6 Å². The molecule has 4 nitrogen and oxygen atoms in total. The van der Waals surface area contributed by atoms with Crippen molar-refractivity contribution in [1.29, 1.82) is 0 Å². The Balaban J connectivity index is 2.65. The normalized spacial score (nSPS) is 12.6. The van der Waals surface area contributed by atoms with E-state index in [0.29, 0.717) is 0 Å². The first-order valence-electron chi connectivity index (χ1n) is 6.22. The van der Waals surface area contributed by atoms with E-state index in [2.05, 4.69) is 4.98 Å². The zero-order valence-electron chi connectivity index (χ0n) is 11.3. The quantitative estimate of drug-likeness (QED) is 0.874. The number of hydrogen-bond acceptors (Lipinski definition) is 2. The second-order valence-electron chi connectivity index (χ2n) is 5.67. The van der Waals surface area contributed by atoms with Crippen molar-refractivity contribution in [3.63, 3.8) is 0 Å². The van der Waals surface area contributed by atoms with Crippen LogP contribution in [0.15, 0.2) is 23.0 Å². The molecule has 0 saturated heterocycles. The molecule has 98 valence electrons. The lowest BCUT2D eigenvalue weighted by Gasteiger charge is -2.22. The monoisotopic (exact) mass is 248 g/mol. The van der Waals surface area contributed by atoms with Gasteiger partial charge in [-0.25, -0.2) is 4.79 Å². The maximum absolute atomic E-state index is 11.9. The fourth-order valence-electron chi connectivity index (χ4n) is 2.16. The second-order valence-corrected chi connectivity index (χ2v) is 5.67. The van der Waals surface area contributed by atoms with Crippen LogP contribution in [0.4, 0.5) is 0 Å². The molecule has 0 saturated carbocycles. The third-order valence-electron chi connectivity index (χ3n) is 3.41. The molecule has 4 heteroatoms. The van der Waals surface area contributed by atoms with Gasteiger partial charge >= 0.3 is 5.69 Å². The number of benzene rings is 1. The van der Waals surface area contributed by atoms with E-state index in [9.17, 15) is 9.90 Å². The van der Waals surface area contributed by atoms with Gasteiger partial charge in [-0.3, -0.25) is 4.57 Å². The van der Waals surface area contributed by atoms with Gasteiger partial charge in [0.05, 0.1) is 17.6 Å². The number of rotatable bonds is 3. The summed E-state index contributed by atoms with van der Waals surface area (Å²) in [6.07, 6.45) is 0. The van der Waals surface area contributed by atoms with Crippen LogP contribution in [-0.4, -0.2) is 21.3 Å². The van der Waals surface area contributed by atoms with Crippen molar-refractivity contribution in [3.05, 3.63) is 34.2 Å². The fraction of sp³-hybridized carbons (Fsp3) is 0.500. The van der Waals surface area contributed by atoms with E-state index >= 15 is 0 Å². The molecule has 2 aromatic rings. The molecule has 1 heterocycles. The second kappa shape index (κ2) is 4.28. The summed E-state index contributed by atoms with van der Waals surface area (Å²) in [6, 6.07) is 6.00. The summed E-state index contributed by atoms with van der Waals surface area (Å²) in [5.74, 6) is 0. The van der Waals surface area contributed by atoms with E-state index in [1.54, 1.807) is 4.57 Å². The van der Waals surface area contributed by atoms with Crippen molar-refractivity contribution in [3.8, 4) is 0 Å². The molecule has 0 aliphatic rings. The van der Waals surface area contributed by atoms with E-state index in [1.807, 2.05) is 45.9 Å². The Labute approximate surface area is 106 Å². The lowest BCUT2D eigenvalue weighted by atomic mass is 9.85. The van der Waals surface area contributed by atoms with Gasteiger partial charge in [0.15, 0.2) is 0 Å². The number of aromatic amines is 1. The van der Waals surface area contributed by atoms with Crippen molar-refractivity contribution >= 4 is 11.0 Å². The Morgan fingerprint density at radius 1 is 1.39 bits per heavy atom. The van der Waals surface area contributed by atoms with Crippen LogP contribution in [0, 0.1) is 0 Å². The molecule has 0 bridgehead atoms. The maximum Gasteiger partial charge on any atom is 0.326 e. The van der Waals surface area contributed by atoms with Gasteiger partial charge in [0.25, 0.3) is 0 Å². The average molecular weight is 248 g/mol. The Hall–Kier alpha value is -1.55. The Morgan fingerprint density at radius 2 is 2.06 bits per heavy atom. The number of hydrogen-bond donors (Lipinski definition) is 2. The molecule has 2 rings (SSSR count). The first-order chi connectivity index (χ1) is 8.36. The molecule has 0 spiro atoms. The van der Waals surface area contributed by atoms with E-state index in [1.165, 1.54) is 0 Å². The van der Waals surface area contributed by atoms with Crippen molar-refractivity contribution in [2.45, 2.75) is 39.2 Å². The molecular weight excluding hydrogens is 228 g/mol. The van der Waals surface area contributed by atoms with Gasteiger partial charge < -0.3 is 10.1 Å². The van der Waals surface area contributed by atoms with E-state index in [-0.39, 0.29) is 23.8 Å². The summed E-state index contributed by atoms with van der Waals surface area (Å²) in [7, 11) is 0. The van der Waals surface area contributed by atoms with Gasteiger partial charge in [-0.15, -0.1) is 0 Å². The van der Waals surface area contributed by atoms with Crippen LogP contribution >= 0.6 is 0 Å². The van der Waals surface area contributed by atoms with Gasteiger partial charge in [-0.2, -0.15) is 0 Å². The van der Waals surface area contributed by atoms with Gasteiger partial charge in [-0.05, 0) is 31.5 Å². The standard InChI is InChI=1S/C14H20N2O2/c1-9(2)16-12-6-5-10(14(3,4)8-17)7-11(12)15-13(16)18/h5-7,9,17H,8H2,1-4H3,(H,15,18). The Kier molecular flexibility index (Phi) is 3.07. The Bertz CT molecular complexity index is 620. The number of H-pyrrole nitrogens is 1. The molecule has 0 fully saturated rings. The fourth-order valence-corrected chi connectivity index (χ4v) is 2.16. The van der Waals surface area contributed by atoms with Crippen LogP contribution in [0.3, 0.4) is 0 Å². The first-order valence-corrected chi connectivity index (χ1v) is 6.22. The summed E-state index contributed by atoms with van der Waals surface area (Å²) in [5, 5.41) is 9.39. The summed E-state index contributed by atoms with van der Waals surface area (Å²) < 4.78 is 1.74. The van der Waals surface area contributed by atoms with Crippen LogP contribution in [-0.2, 0) is 5.41 Å². The molecule has 0 amide bonds. The molecule has 0 aliphatic heterocycles. The van der Waals surface area contributed by atoms with Crippen LogP contribution in [0.25, 0.3) is 11.0 Å². The number of aliphatic hydroxyl groups excluding tert-OH is 1. The van der Waals surface area contributed by atoms with E-state index in [4.69, 9.17) is 0 Å². The largest absolute Gasteiger partial charge is 0.395 e. The van der Waals surface area contributed by atoms with Gasteiger partial charge in [0.1, 0.15) is 0 Å². The van der Waals surface area contributed by atoms with Crippen molar-refractivity contribution in [2.24, 2.45) is 0 Å². The lowest BCUT2D eigenvalue weighted by molar-refractivity contribution is 0.218. The highest BCUT2D eigenvalue weighted by Gasteiger charge is 2.20. The summed E-state index contributed by atoms with van der Waals surface area (Å²) in [6.45, 7) is 8.01. The summed E-state index contributed by atoms with van der Waals surface area (Å²) in [5.41, 5.74) is 2.37. The van der Waals surface area contributed by atoms with Crippen molar-refractivity contribution in [2.75, 3.05) is 6.61 Å². The smallest absolute Gasteiger partial charge is 0.326 e. The molecule has 2 N–H and O–H groups in total. The van der Waals surface area contributed by atoms with Gasteiger partial charge in [0, 0.05) is 11.5 Å². The van der Waals surface area contributed by atoms with Crippen molar-refractivity contribution in [1.82, 2.24) is 9.55 Å². The Morgan fingerprint density at radius 3 is 2.61 bits per heavy atom. The average Bonchev–Trinajstić information content (AvgIpc) is 2.63. The molecular formula is C14H20N2O2. The third-order valence-corrected chi connectivity index (χ3v) is 3.41. The van der Waals surface area contributed by atoms with Crippen molar-refractivity contribution < 1.29 is 5.11 Å². The zero-order chi connectivity index (χ0) is 13.5. The first kappa shape index (κ1) is 12.9. The molecule has 1 aromatic carbocycles. The van der Waals surface area contributed by atoms with Crippen LogP contribution in [0.2, 0.25) is 0 Å². The predicted octanol–water partition coefficient (Wildman–Crippen LogP) is 2.18. The minimum Gasteiger partial charge on any atom is -0.395 e. The molecule has 0 radical (unpaired) electrons. The molecule has 0 unspecified atom stereocenters. The van der Waals surface area contributed by atoms with Crippen LogP contribution < -0.4 is 5.69 Å². The number of fused-ring (bicyclic) bond motifs is 1. The zero-order valence-corrected chi connectivity index (χ0v) is 11.3. The van der Waals surface area contributed by atoms with Crippen LogP contribution in [0.5, 0.6) is 0 Å². The number of aromatic nitrogens is 2. The number of nitrogens with zero attached hydrogens (tertiary/aromatic N) is 1. The highest BCUT2D eigenvalue weighted by Crippen LogP contribution is 2.25. The number of nitrogens with one attached hydrogen (secondary N) is 1. The molecule has 0 atom stereocenters. The topological polar surface area (TPSA) is 58.0 Å². The van der Waals surface area contributed by atoms with Crippen LogP contribution in [0.1, 0.15) is 39.3 Å². The SMILES string of the molecule is CC(C)n1c(=O)[nH]c2cc(C(C)(C)CO)ccc21. The number of aliphatic hydroxyl groups is 1. The molecule has 1 aromatic heterocycles. The highest BCUT2D eigenvalue weighted by molar-refractivity contribution is 5.76. The van der Waals surface area contributed by atoms with Gasteiger partial charge in [-0.1, -0.05) is 19.9 Å². The minimum atomic E-state index is -0.301. The predicted molar refractivity (Wildman–Crippen MR) is 73.1 cm³/mol. The maximum atomic E-state index is 11.9. The summed E-state index contributed by atoms with van der Waals surface area (Å²) in [4.78, 5) is 14.7. The van der Waals surface area contributed by atoms with Gasteiger partial charge in [0.2, 0.25) is 0 Å².